The zero-order valence-electron chi connectivity index (χ0n) is 11.1. The van der Waals surface area contributed by atoms with Gasteiger partial charge in [-0.15, -0.1) is 11.3 Å². The van der Waals surface area contributed by atoms with Crippen LogP contribution in [0.4, 0.5) is 0 Å². The van der Waals surface area contributed by atoms with E-state index in [-0.39, 0.29) is 11.6 Å². The second-order valence-corrected chi connectivity index (χ2v) is 7.13. The van der Waals surface area contributed by atoms with E-state index in [1.807, 2.05) is 6.07 Å². The van der Waals surface area contributed by atoms with E-state index in [4.69, 9.17) is 17.4 Å². The smallest absolute Gasteiger partial charge is 0.0931 e. The van der Waals surface area contributed by atoms with Crippen LogP contribution in [-0.4, -0.2) is 30.6 Å². The molecular formula is C13H22ClN3S. The van der Waals surface area contributed by atoms with Gasteiger partial charge >= 0.3 is 0 Å². The van der Waals surface area contributed by atoms with E-state index in [0.717, 1.165) is 10.8 Å². The van der Waals surface area contributed by atoms with E-state index >= 15 is 0 Å². The molecule has 0 amide bonds. The van der Waals surface area contributed by atoms with Gasteiger partial charge in [-0.05, 0) is 39.1 Å². The maximum absolute atomic E-state index is 6.00. The third-order valence-electron chi connectivity index (χ3n) is 4.24. The summed E-state index contributed by atoms with van der Waals surface area (Å²) in [5, 5.41) is 0. The second kappa shape index (κ2) is 5.88. The van der Waals surface area contributed by atoms with E-state index in [0.29, 0.717) is 0 Å². The quantitative estimate of drug-likeness (QED) is 0.646. The monoisotopic (exact) mass is 287 g/mol. The summed E-state index contributed by atoms with van der Waals surface area (Å²) in [5.74, 6) is 5.83. The number of nitrogens with two attached hydrogens (primary N) is 1. The highest BCUT2D eigenvalue weighted by Crippen LogP contribution is 2.38. The highest BCUT2D eigenvalue weighted by molar-refractivity contribution is 7.16. The molecule has 3 nitrogen and oxygen atoms in total. The fourth-order valence-electron chi connectivity index (χ4n) is 3.16. The Kier molecular flexibility index (Phi) is 4.67. The van der Waals surface area contributed by atoms with E-state index in [1.165, 1.54) is 30.6 Å². The molecule has 2 rings (SSSR count). The molecule has 0 radical (unpaired) electrons. The Morgan fingerprint density at radius 2 is 2.11 bits per heavy atom. The van der Waals surface area contributed by atoms with E-state index in [1.54, 1.807) is 11.3 Å². The summed E-state index contributed by atoms with van der Waals surface area (Å²) in [6.45, 7) is 0. The van der Waals surface area contributed by atoms with Crippen LogP contribution in [0.15, 0.2) is 12.1 Å². The van der Waals surface area contributed by atoms with Crippen LogP contribution in [0.5, 0.6) is 0 Å². The van der Waals surface area contributed by atoms with Gasteiger partial charge in [0.05, 0.1) is 4.34 Å². The van der Waals surface area contributed by atoms with Crippen molar-refractivity contribution in [2.75, 3.05) is 14.1 Å². The van der Waals surface area contributed by atoms with Gasteiger partial charge < -0.3 is 4.90 Å². The lowest BCUT2D eigenvalue weighted by molar-refractivity contribution is 0.105. The Bertz CT molecular complexity index is 385. The molecule has 0 spiro atoms. The fraction of sp³-hybridized carbons (Fsp3) is 0.692. The van der Waals surface area contributed by atoms with Gasteiger partial charge in [0.1, 0.15) is 0 Å². The molecule has 1 unspecified atom stereocenters. The first-order valence-corrected chi connectivity index (χ1v) is 7.66. The van der Waals surface area contributed by atoms with Crippen LogP contribution in [0, 0.1) is 0 Å². The van der Waals surface area contributed by atoms with Crippen molar-refractivity contribution in [2.24, 2.45) is 5.84 Å². The number of halogens is 1. The molecule has 1 aromatic rings. The Labute approximate surface area is 118 Å². The van der Waals surface area contributed by atoms with Gasteiger partial charge in [0.25, 0.3) is 0 Å². The van der Waals surface area contributed by atoms with Crippen molar-refractivity contribution in [3.05, 3.63) is 21.3 Å². The summed E-state index contributed by atoms with van der Waals surface area (Å²) < 4.78 is 0.853. The molecule has 0 bridgehead atoms. The highest BCUT2D eigenvalue weighted by atomic mass is 35.5. The molecule has 0 saturated heterocycles. The molecule has 18 heavy (non-hydrogen) atoms. The summed E-state index contributed by atoms with van der Waals surface area (Å²) in [4.78, 5) is 3.65. The molecule has 102 valence electrons. The van der Waals surface area contributed by atoms with E-state index in [9.17, 15) is 0 Å². The van der Waals surface area contributed by atoms with Gasteiger partial charge in [0, 0.05) is 22.9 Å². The van der Waals surface area contributed by atoms with Crippen LogP contribution in [-0.2, 0) is 6.42 Å². The predicted molar refractivity (Wildman–Crippen MR) is 79.0 cm³/mol. The van der Waals surface area contributed by atoms with Crippen LogP contribution in [0.25, 0.3) is 0 Å². The minimum Gasteiger partial charge on any atom is -0.302 e. The number of nitrogens with zero attached hydrogens (tertiary/aromatic N) is 1. The molecule has 1 atom stereocenters. The number of rotatable bonds is 5. The number of hydrogen-bond acceptors (Lipinski definition) is 4. The lowest BCUT2D eigenvalue weighted by Crippen LogP contribution is -2.60. The number of nitrogens with one attached hydrogen (secondary N) is 1. The summed E-state index contributed by atoms with van der Waals surface area (Å²) >= 11 is 7.65. The van der Waals surface area contributed by atoms with Crippen molar-refractivity contribution >= 4 is 22.9 Å². The van der Waals surface area contributed by atoms with Crippen molar-refractivity contribution in [1.29, 1.82) is 0 Å². The highest BCUT2D eigenvalue weighted by Gasteiger charge is 2.42. The van der Waals surface area contributed by atoms with Crippen molar-refractivity contribution in [1.82, 2.24) is 10.3 Å². The third-order valence-corrected chi connectivity index (χ3v) is 5.50. The molecule has 1 aromatic heterocycles. The lowest BCUT2D eigenvalue weighted by Gasteiger charge is -2.43. The Hall–Kier alpha value is -0.130. The van der Waals surface area contributed by atoms with Gasteiger partial charge in [0.15, 0.2) is 0 Å². The Balaban J connectivity index is 2.16. The van der Waals surface area contributed by atoms with E-state index in [2.05, 4.69) is 30.5 Å². The molecule has 1 fully saturated rings. The maximum atomic E-state index is 6.00. The van der Waals surface area contributed by atoms with Crippen LogP contribution < -0.4 is 11.3 Å². The largest absolute Gasteiger partial charge is 0.302 e. The lowest BCUT2D eigenvalue weighted by atomic mass is 9.85. The molecule has 3 N–H and O–H groups in total. The number of hydrazine groups is 1. The molecular weight excluding hydrogens is 266 g/mol. The molecule has 1 aliphatic rings. The Morgan fingerprint density at radius 1 is 1.44 bits per heavy atom. The van der Waals surface area contributed by atoms with Crippen molar-refractivity contribution in [2.45, 2.75) is 43.7 Å². The molecule has 1 aliphatic carbocycles. The second-order valence-electron chi connectivity index (χ2n) is 5.33. The summed E-state index contributed by atoms with van der Waals surface area (Å²) in [5.41, 5.74) is 3.23. The number of likely N-dealkylation sites (N-methyl/N-ethyl adjacent to an activating group) is 1. The van der Waals surface area contributed by atoms with Gasteiger partial charge in [-0.1, -0.05) is 24.4 Å². The SMILES string of the molecule is CN(C)C1(C(Cc2ccc(Cl)s2)NN)CCCC1. The zero-order valence-corrected chi connectivity index (χ0v) is 12.7. The standard InChI is InChI=1S/C13H22ClN3S/c1-17(2)13(7-3-4-8-13)11(16-15)9-10-5-6-12(14)18-10/h5-6,11,16H,3-4,7-9,15H2,1-2H3. The van der Waals surface area contributed by atoms with Crippen molar-refractivity contribution in [3.63, 3.8) is 0 Å². The van der Waals surface area contributed by atoms with Gasteiger partial charge in [-0.3, -0.25) is 11.3 Å². The normalized spacial score (nSPS) is 20.5. The Morgan fingerprint density at radius 3 is 2.56 bits per heavy atom. The first-order valence-electron chi connectivity index (χ1n) is 6.46. The van der Waals surface area contributed by atoms with Crippen LogP contribution in [0.2, 0.25) is 4.34 Å². The third kappa shape index (κ3) is 2.73. The first-order chi connectivity index (χ1) is 8.58. The zero-order chi connectivity index (χ0) is 13.2. The average Bonchev–Trinajstić information content (AvgIpc) is 2.95. The number of hydrogen-bond donors (Lipinski definition) is 2. The van der Waals surface area contributed by atoms with Gasteiger partial charge in [0.2, 0.25) is 0 Å². The predicted octanol–water partition coefficient (Wildman–Crippen LogP) is 2.65. The van der Waals surface area contributed by atoms with Gasteiger partial charge in [-0.2, -0.15) is 0 Å². The maximum Gasteiger partial charge on any atom is 0.0931 e. The van der Waals surface area contributed by atoms with Crippen LogP contribution in [0.1, 0.15) is 30.6 Å². The molecule has 0 aromatic carbocycles. The van der Waals surface area contributed by atoms with Crippen LogP contribution in [0.3, 0.4) is 0 Å². The molecule has 1 heterocycles. The fourth-order valence-corrected chi connectivity index (χ4v) is 4.29. The first kappa shape index (κ1) is 14.3. The molecule has 0 aliphatic heterocycles. The average molecular weight is 288 g/mol. The summed E-state index contributed by atoms with van der Waals surface area (Å²) in [6, 6.07) is 4.35. The topological polar surface area (TPSA) is 41.3 Å². The van der Waals surface area contributed by atoms with E-state index < -0.39 is 0 Å². The minimum absolute atomic E-state index is 0.186. The number of thiophene rings is 1. The molecule has 1 saturated carbocycles. The minimum atomic E-state index is 0.186. The summed E-state index contributed by atoms with van der Waals surface area (Å²) in [6.07, 6.45) is 5.97. The van der Waals surface area contributed by atoms with Crippen molar-refractivity contribution in [3.8, 4) is 0 Å². The van der Waals surface area contributed by atoms with Crippen molar-refractivity contribution < 1.29 is 0 Å². The molecule has 5 heteroatoms. The summed E-state index contributed by atoms with van der Waals surface area (Å²) in [7, 11) is 4.33. The van der Waals surface area contributed by atoms with Gasteiger partial charge in [-0.25, -0.2) is 0 Å². The van der Waals surface area contributed by atoms with Crippen LogP contribution >= 0.6 is 22.9 Å².